The molecule has 0 aliphatic carbocycles. The molecule has 0 saturated heterocycles. The largest absolute Gasteiger partial charge is 0.479 e. The van der Waals surface area contributed by atoms with E-state index in [9.17, 15) is 9.90 Å². The van der Waals surface area contributed by atoms with Crippen molar-refractivity contribution in [2.45, 2.75) is 25.8 Å². The number of carboxylic acid groups (broad SMARTS) is 1. The second kappa shape index (κ2) is 5.60. The molecule has 1 aliphatic rings. The third-order valence-corrected chi connectivity index (χ3v) is 4.05. The normalized spacial score (nSPS) is 15.4. The van der Waals surface area contributed by atoms with E-state index in [1.165, 1.54) is 11.1 Å². The minimum atomic E-state index is -0.797. The average Bonchev–Trinajstić information content (AvgIpc) is 2.48. The molecule has 2 aromatic carbocycles. The van der Waals surface area contributed by atoms with Crippen molar-refractivity contribution in [2.75, 3.05) is 11.4 Å². The maximum atomic E-state index is 11.8. The molecule has 3 nitrogen and oxygen atoms in total. The molecular weight excluding hydrogens is 262 g/mol. The number of rotatable bonds is 3. The van der Waals surface area contributed by atoms with Gasteiger partial charge in [0.15, 0.2) is 6.04 Å². The van der Waals surface area contributed by atoms with Gasteiger partial charge in [-0.05, 0) is 37.0 Å². The van der Waals surface area contributed by atoms with Crippen molar-refractivity contribution >= 4 is 11.7 Å². The molecule has 0 aromatic heterocycles. The third kappa shape index (κ3) is 2.64. The number of fused-ring (bicyclic) bond motifs is 1. The monoisotopic (exact) mass is 281 g/mol. The lowest BCUT2D eigenvalue weighted by molar-refractivity contribution is -0.138. The van der Waals surface area contributed by atoms with Crippen molar-refractivity contribution in [2.24, 2.45) is 0 Å². The number of benzene rings is 2. The van der Waals surface area contributed by atoms with Crippen molar-refractivity contribution < 1.29 is 9.90 Å². The van der Waals surface area contributed by atoms with Gasteiger partial charge in [0.2, 0.25) is 0 Å². The van der Waals surface area contributed by atoms with E-state index in [-0.39, 0.29) is 0 Å². The Hall–Kier alpha value is -2.29. The number of nitrogens with zero attached hydrogens (tertiary/aromatic N) is 1. The quantitative estimate of drug-likeness (QED) is 0.935. The molecule has 0 fully saturated rings. The maximum Gasteiger partial charge on any atom is 0.331 e. The number of carbonyl (C=O) groups is 1. The van der Waals surface area contributed by atoms with E-state index < -0.39 is 12.0 Å². The molecule has 0 spiro atoms. The molecule has 0 amide bonds. The van der Waals surface area contributed by atoms with E-state index >= 15 is 0 Å². The zero-order chi connectivity index (χ0) is 14.8. The summed E-state index contributed by atoms with van der Waals surface area (Å²) in [6, 6.07) is 15.2. The molecule has 3 heteroatoms. The van der Waals surface area contributed by atoms with Crippen molar-refractivity contribution in [3.8, 4) is 0 Å². The Morgan fingerprint density at radius 2 is 1.95 bits per heavy atom. The number of anilines is 1. The van der Waals surface area contributed by atoms with Crippen LogP contribution >= 0.6 is 0 Å². The van der Waals surface area contributed by atoms with E-state index in [2.05, 4.69) is 25.1 Å². The first-order valence-electron chi connectivity index (χ1n) is 7.31. The fourth-order valence-corrected chi connectivity index (χ4v) is 3.11. The molecule has 21 heavy (non-hydrogen) atoms. The first-order valence-corrected chi connectivity index (χ1v) is 7.31. The van der Waals surface area contributed by atoms with Crippen molar-refractivity contribution in [1.82, 2.24) is 0 Å². The third-order valence-electron chi connectivity index (χ3n) is 4.05. The molecule has 0 radical (unpaired) electrons. The van der Waals surface area contributed by atoms with Crippen molar-refractivity contribution in [3.63, 3.8) is 0 Å². The smallest absolute Gasteiger partial charge is 0.331 e. The van der Waals surface area contributed by atoms with Crippen LogP contribution in [0.4, 0.5) is 5.69 Å². The Morgan fingerprint density at radius 3 is 2.67 bits per heavy atom. The van der Waals surface area contributed by atoms with Gasteiger partial charge in [0.25, 0.3) is 0 Å². The van der Waals surface area contributed by atoms with Gasteiger partial charge in [-0.3, -0.25) is 0 Å². The van der Waals surface area contributed by atoms with Crippen molar-refractivity contribution in [1.29, 1.82) is 0 Å². The minimum Gasteiger partial charge on any atom is -0.479 e. The molecule has 108 valence electrons. The van der Waals surface area contributed by atoms with Gasteiger partial charge < -0.3 is 10.0 Å². The Balaban J connectivity index is 2.05. The predicted molar refractivity (Wildman–Crippen MR) is 83.7 cm³/mol. The van der Waals surface area contributed by atoms with Gasteiger partial charge in [0.1, 0.15) is 0 Å². The molecule has 2 aromatic rings. The molecule has 1 N–H and O–H groups in total. The molecular formula is C18H19NO2. The molecule has 3 rings (SSSR count). The molecule has 1 heterocycles. The highest BCUT2D eigenvalue weighted by molar-refractivity contribution is 5.81. The lowest BCUT2D eigenvalue weighted by Gasteiger charge is -2.36. The van der Waals surface area contributed by atoms with Gasteiger partial charge in [0, 0.05) is 12.2 Å². The van der Waals surface area contributed by atoms with Gasteiger partial charge in [0.05, 0.1) is 0 Å². The van der Waals surface area contributed by atoms with Gasteiger partial charge in [-0.25, -0.2) is 4.79 Å². The summed E-state index contributed by atoms with van der Waals surface area (Å²) in [5.74, 6) is -0.797. The predicted octanol–water partition coefficient (Wildman–Crippen LogP) is 3.57. The van der Waals surface area contributed by atoms with Crippen LogP contribution in [-0.2, 0) is 11.2 Å². The molecule has 1 unspecified atom stereocenters. The number of hydrogen-bond acceptors (Lipinski definition) is 2. The van der Waals surface area contributed by atoms with Gasteiger partial charge >= 0.3 is 5.97 Å². The summed E-state index contributed by atoms with van der Waals surface area (Å²) in [4.78, 5) is 13.9. The van der Waals surface area contributed by atoms with E-state index in [1.54, 1.807) is 0 Å². The number of aliphatic carboxylic acids is 1. The SMILES string of the molecule is Cc1ccc2c(c1)CCCN2C(C(=O)O)c1ccccc1. The molecule has 0 bridgehead atoms. The van der Waals surface area contributed by atoms with Crippen LogP contribution in [0.2, 0.25) is 0 Å². The standard InChI is InChI=1S/C18H19NO2/c1-13-9-10-16-15(12-13)8-5-11-19(16)17(18(20)21)14-6-3-2-4-7-14/h2-4,6-7,9-10,12,17H,5,8,11H2,1H3,(H,20,21). The van der Waals surface area contributed by atoms with Crippen molar-refractivity contribution in [3.05, 3.63) is 65.2 Å². The van der Waals surface area contributed by atoms with Gasteiger partial charge in [-0.2, -0.15) is 0 Å². The minimum absolute atomic E-state index is 0.618. The summed E-state index contributed by atoms with van der Waals surface area (Å²) < 4.78 is 0. The van der Waals surface area contributed by atoms with E-state index in [0.29, 0.717) is 0 Å². The highest BCUT2D eigenvalue weighted by atomic mass is 16.4. The van der Waals surface area contributed by atoms with Crippen LogP contribution in [0.3, 0.4) is 0 Å². The molecule has 0 saturated carbocycles. The van der Waals surface area contributed by atoms with E-state index in [4.69, 9.17) is 0 Å². The Bertz CT molecular complexity index is 652. The molecule has 1 aliphatic heterocycles. The van der Waals surface area contributed by atoms with Crippen LogP contribution in [0.5, 0.6) is 0 Å². The Labute approximate surface area is 124 Å². The zero-order valence-electron chi connectivity index (χ0n) is 12.1. The average molecular weight is 281 g/mol. The second-order valence-electron chi connectivity index (χ2n) is 5.58. The lowest BCUT2D eigenvalue weighted by Crippen LogP contribution is -2.37. The highest BCUT2D eigenvalue weighted by Crippen LogP contribution is 2.34. The lowest BCUT2D eigenvalue weighted by atomic mass is 9.96. The van der Waals surface area contributed by atoms with Crippen LogP contribution in [0.25, 0.3) is 0 Å². The Morgan fingerprint density at radius 1 is 1.19 bits per heavy atom. The van der Waals surface area contributed by atoms with Gasteiger partial charge in [-0.1, -0.05) is 48.0 Å². The Kier molecular flexibility index (Phi) is 3.65. The van der Waals surface area contributed by atoms with Crippen LogP contribution in [0, 0.1) is 6.92 Å². The summed E-state index contributed by atoms with van der Waals surface area (Å²) in [6.45, 7) is 2.85. The van der Waals surface area contributed by atoms with Gasteiger partial charge in [-0.15, -0.1) is 0 Å². The van der Waals surface area contributed by atoms with Crippen LogP contribution < -0.4 is 4.90 Å². The summed E-state index contributed by atoms with van der Waals surface area (Å²) >= 11 is 0. The maximum absolute atomic E-state index is 11.8. The van der Waals surface area contributed by atoms with Crippen LogP contribution in [-0.4, -0.2) is 17.6 Å². The highest BCUT2D eigenvalue weighted by Gasteiger charge is 2.30. The summed E-state index contributed by atoms with van der Waals surface area (Å²) in [6.07, 6.45) is 2.02. The first-order chi connectivity index (χ1) is 10.2. The number of aryl methyl sites for hydroxylation is 2. The number of carboxylic acids is 1. The van der Waals surface area contributed by atoms with E-state index in [1.807, 2.05) is 35.2 Å². The summed E-state index contributed by atoms with van der Waals surface area (Å²) in [5, 5.41) is 9.72. The fourth-order valence-electron chi connectivity index (χ4n) is 3.11. The molecule has 1 atom stereocenters. The fraction of sp³-hybridized carbons (Fsp3) is 0.278. The summed E-state index contributed by atoms with van der Waals surface area (Å²) in [7, 11) is 0. The summed E-state index contributed by atoms with van der Waals surface area (Å²) in [5.41, 5.74) is 4.37. The first kappa shape index (κ1) is 13.7. The van der Waals surface area contributed by atoms with Crippen LogP contribution in [0.15, 0.2) is 48.5 Å². The second-order valence-corrected chi connectivity index (χ2v) is 5.58. The topological polar surface area (TPSA) is 40.5 Å². The van der Waals surface area contributed by atoms with Crippen LogP contribution in [0.1, 0.15) is 29.2 Å². The zero-order valence-corrected chi connectivity index (χ0v) is 12.1. The van der Waals surface area contributed by atoms with E-state index in [0.717, 1.165) is 30.6 Å². The number of hydrogen-bond donors (Lipinski definition) is 1.